The van der Waals surface area contributed by atoms with Gasteiger partial charge in [-0.05, 0) is 12.8 Å². The smallest absolute Gasteiger partial charge is 0.307 e. The second-order valence-electron chi connectivity index (χ2n) is 4.91. The topological polar surface area (TPSA) is 78.9 Å². The van der Waals surface area contributed by atoms with Crippen molar-refractivity contribution in [1.29, 1.82) is 0 Å². The van der Waals surface area contributed by atoms with Crippen LogP contribution in [0.4, 0.5) is 0 Å². The first-order valence-electron chi connectivity index (χ1n) is 6.54. The third kappa shape index (κ3) is 3.20. The van der Waals surface area contributed by atoms with Gasteiger partial charge in [-0.1, -0.05) is 12.8 Å². The molecule has 0 radical (unpaired) electrons. The predicted octanol–water partition coefficient (Wildman–Crippen LogP) is 0.241. The Bertz CT molecular complexity index is 315. The van der Waals surface area contributed by atoms with Crippen molar-refractivity contribution in [2.45, 2.75) is 25.7 Å². The molecule has 1 aliphatic heterocycles. The van der Waals surface area contributed by atoms with Crippen LogP contribution < -0.4 is 5.43 Å². The minimum atomic E-state index is -0.850. The number of nitrogens with zero attached hydrogens (tertiary/aromatic N) is 1. The fourth-order valence-corrected chi connectivity index (χ4v) is 2.65. The largest absolute Gasteiger partial charge is 0.481 e. The highest BCUT2D eigenvalue weighted by molar-refractivity contribution is 5.84. The van der Waals surface area contributed by atoms with Crippen molar-refractivity contribution in [3.05, 3.63) is 0 Å². The van der Waals surface area contributed by atoms with Crippen LogP contribution in [0, 0.1) is 11.8 Å². The molecule has 18 heavy (non-hydrogen) atoms. The van der Waals surface area contributed by atoms with Crippen molar-refractivity contribution >= 4 is 11.9 Å². The summed E-state index contributed by atoms with van der Waals surface area (Å²) in [4.78, 5) is 23.3. The molecule has 6 heteroatoms. The highest BCUT2D eigenvalue weighted by Crippen LogP contribution is 2.30. The van der Waals surface area contributed by atoms with Gasteiger partial charge in [0.25, 0.3) is 0 Å². The molecular weight excluding hydrogens is 236 g/mol. The molecule has 102 valence electrons. The molecular formula is C12H20N2O4. The number of nitrogens with one attached hydrogen (secondary N) is 1. The number of hydrogen-bond acceptors (Lipinski definition) is 4. The van der Waals surface area contributed by atoms with Gasteiger partial charge in [-0.3, -0.25) is 15.0 Å². The van der Waals surface area contributed by atoms with Crippen LogP contribution in [0.5, 0.6) is 0 Å². The zero-order valence-corrected chi connectivity index (χ0v) is 10.4. The van der Waals surface area contributed by atoms with Crippen molar-refractivity contribution in [2.24, 2.45) is 11.8 Å². The maximum absolute atomic E-state index is 12.1. The first kappa shape index (κ1) is 13.3. The number of aliphatic carboxylic acids is 1. The lowest BCUT2D eigenvalue weighted by molar-refractivity contribution is -0.150. The van der Waals surface area contributed by atoms with E-state index in [-0.39, 0.29) is 11.8 Å². The van der Waals surface area contributed by atoms with Gasteiger partial charge in [0, 0.05) is 13.1 Å². The maximum atomic E-state index is 12.1. The average Bonchev–Trinajstić information content (AvgIpc) is 2.40. The lowest BCUT2D eigenvalue weighted by atomic mass is 9.79. The van der Waals surface area contributed by atoms with Crippen molar-refractivity contribution < 1.29 is 19.4 Å². The van der Waals surface area contributed by atoms with E-state index in [2.05, 4.69) is 5.43 Å². The molecule has 2 N–H and O–H groups in total. The number of amides is 1. The van der Waals surface area contributed by atoms with Crippen molar-refractivity contribution in [1.82, 2.24) is 10.4 Å². The number of ether oxygens (including phenoxy) is 1. The van der Waals surface area contributed by atoms with Crippen LogP contribution in [0.1, 0.15) is 25.7 Å². The van der Waals surface area contributed by atoms with Gasteiger partial charge < -0.3 is 9.84 Å². The lowest BCUT2D eigenvalue weighted by Crippen LogP contribution is -2.52. The summed E-state index contributed by atoms with van der Waals surface area (Å²) in [6.07, 6.45) is 3.12. The van der Waals surface area contributed by atoms with Crippen LogP contribution in [0.2, 0.25) is 0 Å². The first-order valence-corrected chi connectivity index (χ1v) is 6.54. The number of hydrazine groups is 1. The van der Waals surface area contributed by atoms with Gasteiger partial charge in [-0.2, -0.15) is 0 Å². The first-order chi connectivity index (χ1) is 8.68. The van der Waals surface area contributed by atoms with E-state index in [9.17, 15) is 9.59 Å². The summed E-state index contributed by atoms with van der Waals surface area (Å²) < 4.78 is 5.20. The van der Waals surface area contributed by atoms with Crippen LogP contribution in [-0.4, -0.2) is 48.3 Å². The zero-order valence-electron chi connectivity index (χ0n) is 10.4. The number of rotatable bonds is 3. The summed E-state index contributed by atoms with van der Waals surface area (Å²) in [5, 5.41) is 11.0. The molecule has 0 bridgehead atoms. The minimum Gasteiger partial charge on any atom is -0.481 e. The summed E-state index contributed by atoms with van der Waals surface area (Å²) in [6.45, 7) is 2.53. The van der Waals surface area contributed by atoms with E-state index in [1.165, 1.54) is 0 Å². The number of hydrogen-bond donors (Lipinski definition) is 2. The highest BCUT2D eigenvalue weighted by atomic mass is 16.5. The Hall–Kier alpha value is -1.14. The zero-order chi connectivity index (χ0) is 13.0. The SMILES string of the molecule is O=C(O)[C@H]1CCCC[C@H]1C(=O)NN1CCOCC1. The summed E-state index contributed by atoms with van der Waals surface area (Å²) in [5.74, 6) is -1.92. The van der Waals surface area contributed by atoms with Crippen LogP contribution in [-0.2, 0) is 14.3 Å². The quantitative estimate of drug-likeness (QED) is 0.756. The summed E-state index contributed by atoms with van der Waals surface area (Å²) in [7, 11) is 0. The van der Waals surface area contributed by atoms with E-state index in [4.69, 9.17) is 9.84 Å². The Morgan fingerprint density at radius 2 is 1.72 bits per heavy atom. The fraction of sp³-hybridized carbons (Fsp3) is 0.833. The predicted molar refractivity (Wildman–Crippen MR) is 63.6 cm³/mol. The Labute approximate surface area is 106 Å². The van der Waals surface area contributed by atoms with Crippen molar-refractivity contribution in [2.75, 3.05) is 26.3 Å². The van der Waals surface area contributed by atoms with Gasteiger partial charge in [-0.15, -0.1) is 0 Å². The van der Waals surface area contributed by atoms with E-state index < -0.39 is 11.9 Å². The molecule has 1 saturated carbocycles. The van der Waals surface area contributed by atoms with Crippen LogP contribution in [0.3, 0.4) is 0 Å². The summed E-state index contributed by atoms with van der Waals surface area (Å²) in [6, 6.07) is 0. The molecule has 2 aliphatic rings. The number of carbonyl (C=O) groups is 2. The van der Waals surface area contributed by atoms with E-state index >= 15 is 0 Å². The standard InChI is InChI=1S/C12H20N2O4/c15-11(13-14-5-7-18-8-6-14)9-3-1-2-4-10(9)12(16)17/h9-10H,1-8H2,(H,13,15)(H,16,17)/t9-,10+/m1/s1. The van der Waals surface area contributed by atoms with Crippen molar-refractivity contribution in [3.8, 4) is 0 Å². The molecule has 0 aromatic carbocycles. The van der Waals surface area contributed by atoms with Gasteiger partial charge in [0.05, 0.1) is 25.0 Å². The molecule has 0 spiro atoms. The second-order valence-corrected chi connectivity index (χ2v) is 4.91. The Kier molecular flexibility index (Phi) is 4.54. The molecule has 0 aromatic heterocycles. The molecule has 2 atom stereocenters. The van der Waals surface area contributed by atoms with Crippen LogP contribution >= 0.6 is 0 Å². The maximum Gasteiger partial charge on any atom is 0.307 e. The average molecular weight is 256 g/mol. The number of carboxylic acid groups (broad SMARTS) is 1. The third-order valence-electron chi connectivity index (χ3n) is 3.70. The Morgan fingerprint density at radius 3 is 2.33 bits per heavy atom. The normalized spacial score (nSPS) is 29.8. The Balaban J connectivity index is 1.91. The molecule has 1 aliphatic carbocycles. The lowest BCUT2D eigenvalue weighted by Gasteiger charge is -2.32. The summed E-state index contributed by atoms with van der Waals surface area (Å²) >= 11 is 0. The number of morpholine rings is 1. The molecule has 1 heterocycles. The van der Waals surface area contributed by atoms with Crippen molar-refractivity contribution in [3.63, 3.8) is 0 Å². The second kappa shape index (κ2) is 6.15. The van der Waals surface area contributed by atoms with Gasteiger partial charge in [0.15, 0.2) is 0 Å². The van der Waals surface area contributed by atoms with E-state index in [0.717, 1.165) is 12.8 Å². The number of carbonyl (C=O) groups excluding carboxylic acids is 1. The monoisotopic (exact) mass is 256 g/mol. The molecule has 6 nitrogen and oxygen atoms in total. The molecule has 2 fully saturated rings. The van der Waals surface area contributed by atoms with Gasteiger partial charge in [0.2, 0.25) is 5.91 Å². The van der Waals surface area contributed by atoms with Gasteiger partial charge in [-0.25, -0.2) is 5.01 Å². The number of carboxylic acids is 1. The van der Waals surface area contributed by atoms with Gasteiger partial charge >= 0.3 is 5.97 Å². The molecule has 1 amide bonds. The Morgan fingerprint density at radius 1 is 1.11 bits per heavy atom. The molecule has 0 unspecified atom stereocenters. The molecule has 0 aromatic rings. The fourth-order valence-electron chi connectivity index (χ4n) is 2.65. The summed E-state index contributed by atoms with van der Waals surface area (Å²) in [5.41, 5.74) is 2.82. The van der Waals surface area contributed by atoms with Crippen LogP contribution in [0.15, 0.2) is 0 Å². The third-order valence-corrected chi connectivity index (χ3v) is 3.70. The van der Waals surface area contributed by atoms with E-state index in [0.29, 0.717) is 39.1 Å². The molecule has 1 saturated heterocycles. The minimum absolute atomic E-state index is 0.149. The van der Waals surface area contributed by atoms with Crippen LogP contribution in [0.25, 0.3) is 0 Å². The highest BCUT2D eigenvalue weighted by Gasteiger charge is 2.36. The van der Waals surface area contributed by atoms with Gasteiger partial charge in [0.1, 0.15) is 0 Å². The van der Waals surface area contributed by atoms with E-state index in [1.807, 2.05) is 5.01 Å². The van der Waals surface area contributed by atoms with E-state index in [1.54, 1.807) is 0 Å². The molecule has 2 rings (SSSR count).